The van der Waals surface area contributed by atoms with E-state index in [1.165, 1.54) is 6.42 Å². The summed E-state index contributed by atoms with van der Waals surface area (Å²) in [5, 5.41) is 4.08. The Balaban J connectivity index is 2.56. The van der Waals surface area contributed by atoms with Gasteiger partial charge < -0.3 is 4.90 Å². The average molecular weight is 169 g/mol. The Morgan fingerprint density at radius 2 is 2.17 bits per heavy atom. The van der Waals surface area contributed by atoms with Gasteiger partial charge in [0, 0.05) is 12.0 Å². The Morgan fingerprint density at radius 3 is 2.67 bits per heavy atom. The SMILES string of the molecule is CCCN1C=NNC1C(C)(C)C. The summed E-state index contributed by atoms with van der Waals surface area (Å²) in [5.41, 5.74) is 3.37. The molecule has 0 aromatic carbocycles. The van der Waals surface area contributed by atoms with Crippen LogP contribution < -0.4 is 5.43 Å². The van der Waals surface area contributed by atoms with Crippen LogP contribution in [0.25, 0.3) is 0 Å². The van der Waals surface area contributed by atoms with Crippen LogP contribution in [0.2, 0.25) is 0 Å². The zero-order valence-corrected chi connectivity index (χ0v) is 8.46. The van der Waals surface area contributed by atoms with E-state index in [9.17, 15) is 0 Å². The standard InChI is InChI=1S/C9H19N3/c1-5-6-12-7-10-11-8(12)9(2,3)4/h7-8,11H,5-6H2,1-4H3. The van der Waals surface area contributed by atoms with Crippen LogP contribution in [0.1, 0.15) is 34.1 Å². The van der Waals surface area contributed by atoms with Gasteiger partial charge in [-0.2, -0.15) is 5.10 Å². The fourth-order valence-corrected chi connectivity index (χ4v) is 1.46. The molecule has 3 heteroatoms. The molecule has 1 rings (SSSR count). The first-order chi connectivity index (χ1) is 5.55. The first-order valence-corrected chi connectivity index (χ1v) is 4.60. The second-order valence-corrected chi connectivity index (χ2v) is 4.38. The topological polar surface area (TPSA) is 27.6 Å². The lowest BCUT2D eigenvalue weighted by molar-refractivity contribution is 0.157. The molecule has 0 radical (unpaired) electrons. The van der Waals surface area contributed by atoms with E-state index in [1.54, 1.807) is 0 Å². The molecule has 70 valence electrons. The van der Waals surface area contributed by atoms with Crippen LogP contribution in [-0.2, 0) is 0 Å². The molecule has 0 aromatic rings. The fourth-order valence-electron chi connectivity index (χ4n) is 1.46. The van der Waals surface area contributed by atoms with E-state index in [0.717, 1.165) is 6.54 Å². The van der Waals surface area contributed by atoms with Gasteiger partial charge in [-0.1, -0.05) is 27.7 Å². The van der Waals surface area contributed by atoms with Gasteiger partial charge in [0.25, 0.3) is 0 Å². The summed E-state index contributed by atoms with van der Waals surface area (Å²) in [6, 6.07) is 0. The zero-order chi connectivity index (χ0) is 9.19. The van der Waals surface area contributed by atoms with Gasteiger partial charge in [0.1, 0.15) is 12.5 Å². The van der Waals surface area contributed by atoms with Crippen molar-refractivity contribution in [2.24, 2.45) is 10.5 Å². The number of hydrogen-bond acceptors (Lipinski definition) is 3. The fraction of sp³-hybridized carbons (Fsp3) is 0.889. The summed E-state index contributed by atoms with van der Waals surface area (Å²) < 4.78 is 0. The Morgan fingerprint density at radius 1 is 1.50 bits per heavy atom. The number of nitrogens with one attached hydrogen (secondary N) is 1. The first kappa shape index (κ1) is 9.36. The quantitative estimate of drug-likeness (QED) is 0.680. The van der Waals surface area contributed by atoms with Crippen LogP contribution in [0.15, 0.2) is 5.10 Å². The van der Waals surface area contributed by atoms with Crippen molar-refractivity contribution >= 4 is 6.34 Å². The summed E-state index contributed by atoms with van der Waals surface area (Å²) in [5.74, 6) is 0. The summed E-state index contributed by atoms with van der Waals surface area (Å²) in [6.45, 7) is 9.94. The largest absolute Gasteiger partial charge is 0.339 e. The van der Waals surface area contributed by atoms with Gasteiger partial charge in [-0.25, -0.2) is 0 Å². The third-order valence-electron chi connectivity index (χ3n) is 2.04. The molecule has 1 atom stereocenters. The van der Waals surface area contributed by atoms with Crippen LogP contribution in [0.3, 0.4) is 0 Å². The highest BCUT2D eigenvalue weighted by molar-refractivity contribution is 5.57. The maximum atomic E-state index is 4.08. The minimum atomic E-state index is 0.242. The molecule has 0 amide bonds. The third kappa shape index (κ3) is 1.90. The molecule has 0 saturated heterocycles. The summed E-state index contributed by atoms with van der Waals surface area (Å²) in [6.07, 6.45) is 3.43. The Labute approximate surface area is 74.8 Å². The van der Waals surface area contributed by atoms with E-state index in [0.29, 0.717) is 6.17 Å². The van der Waals surface area contributed by atoms with Crippen molar-refractivity contribution in [3.05, 3.63) is 0 Å². The molecule has 0 aliphatic carbocycles. The van der Waals surface area contributed by atoms with Crippen molar-refractivity contribution in [1.82, 2.24) is 10.3 Å². The van der Waals surface area contributed by atoms with Gasteiger partial charge in [-0.3, -0.25) is 5.43 Å². The Kier molecular flexibility index (Phi) is 2.60. The Hall–Kier alpha value is -0.730. The molecule has 12 heavy (non-hydrogen) atoms. The highest BCUT2D eigenvalue weighted by Crippen LogP contribution is 2.23. The smallest absolute Gasteiger partial charge is 0.121 e. The molecule has 0 aromatic heterocycles. The number of rotatable bonds is 2. The number of hydrogen-bond donors (Lipinski definition) is 1. The van der Waals surface area contributed by atoms with E-state index >= 15 is 0 Å². The molecule has 1 unspecified atom stereocenters. The lowest BCUT2D eigenvalue weighted by Crippen LogP contribution is -2.46. The highest BCUT2D eigenvalue weighted by Gasteiger charge is 2.30. The molecule has 3 nitrogen and oxygen atoms in total. The first-order valence-electron chi connectivity index (χ1n) is 4.60. The minimum Gasteiger partial charge on any atom is -0.339 e. The van der Waals surface area contributed by atoms with Crippen molar-refractivity contribution in [1.29, 1.82) is 0 Å². The molecule has 0 bridgehead atoms. The van der Waals surface area contributed by atoms with Crippen LogP contribution in [0.4, 0.5) is 0 Å². The van der Waals surface area contributed by atoms with Crippen LogP contribution >= 0.6 is 0 Å². The van der Waals surface area contributed by atoms with Gasteiger partial charge in [-0.15, -0.1) is 0 Å². The summed E-state index contributed by atoms with van der Waals surface area (Å²) in [7, 11) is 0. The zero-order valence-electron chi connectivity index (χ0n) is 8.46. The highest BCUT2D eigenvalue weighted by atomic mass is 15.5. The molecule has 0 spiro atoms. The van der Waals surface area contributed by atoms with Gasteiger partial charge in [0.2, 0.25) is 0 Å². The van der Waals surface area contributed by atoms with Crippen molar-refractivity contribution in [2.45, 2.75) is 40.3 Å². The van der Waals surface area contributed by atoms with Crippen molar-refractivity contribution < 1.29 is 0 Å². The van der Waals surface area contributed by atoms with Crippen molar-refractivity contribution in [3.63, 3.8) is 0 Å². The Bertz CT molecular complexity index is 169. The number of hydrazone groups is 1. The molecule has 1 heterocycles. The van der Waals surface area contributed by atoms with Gasteiger partial charge in [-0.05, 0) is 6.42 Å². The molecular formula is C9H19N3. The maximum Gasteiger partial charge on any atom is 0.121 e. The van der Waals surface area contributed by atoms with Crippen LogP contribution in [0.5, 0.6) is 0 Å². The predicted molar refractivity (Wildman–Crippen MR) is 51.9 cm³/mol. The monoisotopic (exact) mass is 169 g/mol. The third-order valence-corrected chi connectivity index (χ3v) is 2.04. The lowest BCUT2D eigenvalue weighted by atomic mass is 9.92. The lowest BCUT2D eigenvalue weighted by Gasteiger charge is -2.34. The molecule has 0 fully saturated rings. The van der Waals surface area contributed by atoms with Gasteiger partial charge in [0.15, 0.2) is 0 Å². The predicted octanol–water partition coefficient (Wildman–Crippen LogP) is 1.62. The second-order valence-electron chi connectivity index (χ2n) is 4.38. The maximum absolute atomic E-state index is 4.08. The van der Waals surface area contributed by atoms with E-state index in [-0.39, 0.29) is 5.41 Å². The summed E-state index contributed by atoms with van der Waals surface area (Å²) in [4.78, 5) is 2.26. The molecule has 0 saturated carbocycles. The van der Waals surface area contributed by atoms with Crippen molar-refractivity contribution in [2.75, 3.05) is 6.54 Å². The van der Waals surface area contributed by atoms with E-state index in [2.05, 4.69) is 43.1 Å². The van der Waals surface area contributed by atoms with Crippen LogP contribution in [-0.4, -0.2) is 23.9 Å². The summed E-state index contributed by atoms with van der Waals surface area (Å²) >= 11 is 0. The van der Waals surface area contributed by atoms with E-state index in [4.69, 9.17) is 0 Å². The molecule has 1 N–H and O–H groups in total. The molecule has 1 aliphatic rings. The van der Waals surface area contributed by atoms with Crippen molar-refractivity contribution in [3.8, 4) is 0 Å². The van der Waals surface area contributed by atoms with E-state index in [1.807, 2.05) is 6.34 Å². The van der Waals surface area contributed by atoms with Crippen LogP contribution in [0, 0.1) is 5.41 Å². The van der Waals surface area contributed by atoms with Gasteiger partial charge in [0.05, 0.1) is 0 Å². The minimum absolute atomic E-state index is 0.242. The second kappa shape index (κ2) is 3.33. The number of nitrogens with zero attached hydrogens (tertiary/aromatic N) is 2. The molecular weight excluding hydrogens is 150 g/mol. The van der Waals surface area contributed by atoms with E-state index < -0.39 is 0 Å². The normalized spacial score (nSPS) is 23.0. The van der Waals surface area contributed by atoms with Gasteiger partial charge >= 0.3 is 0 Å². The molecule has 1 aliphatic heterocycles. The average Bonchev–Trinajstić information content (AvgIpc) is 2.34.